The molecular weight excluding hydrogens is 372 g/mol. The molecule has 0 bridgehead atoms. The number of carbonyl (C=O) groups is 1. The second-order valence-electron chi connectivity index (χ2n) is 6.62. The number of ether oxygens (including phenoxy) is 1. The number of benzene rings is 1. The van der Waals surface area contributed by atoms with Gasteiger partial charge < -0.3 is 9.84 Å². The number of carbonyl (C=O) groups excluding carboxylic acids is 1. The number of unbranched alkanes of at least 4 members (excludes halogenated alkanes) is 1. The van der Waals surface area contributed by atoms with Crippen LogP contribution < -0.4 is 5.56 Å². The van der Waals surface area contributed by atoms with Crippen LogP contribution in [0, 0.1) is 17.2 Å². The molecule has 1 unspecified atom stereocenters. The van der Waals surface area contributed by atoms with E-state index in [9.17, 15) is 14.7 Å². The van der Waals surface area contributed by atoms with E-state index >= 15 is 0 Å². The monoisotopic (exact) mass is 396 g/mol. The second-order valence-corrected chi connectivity index (χ2v) is 6.62. The number of esters is 1. The van der Waals surface area contributed by atoms with Gasteiger partial charge in [-0.1, -0.05) is 33.1 Å². The summed E-state index contributed by atoms with van der Waals surface area (Å²) < 4.78 is 5.41. The number of nitrogens with zero attached hydrogens (tertiary/aromatic N) is 3. The van der Waals surface area contributed by atoms with E-state index in [4.69, 9.17) is 10.00 Å². The zero-order valence-electron chi connectivity index (χ0n) is 16.5. The topological polar surface area (TPSA) is 128 Å². The lowest BCUT2D eigenvalue weighted by molar-refractivity contribution is 0.0428. The Morgan fingerprint density at radius 2 is 2.00 bits per heavy atom. The van der Waals surface area contributed by atoms with Crippen LogP contribution in [0.25, 0.3) is 0 Å². The molecule has 0 saturated carbocycles. The molecule has 1 atom stereocenters. The van der Waals surface area contributed by atoms with Gasteiger partial charge in [-0.3, -0.25) is 9.78 Å². The van der Waals surface area contributed by atoms with Gasteiger partial charge in [0, 0.05) is 0 Å². The number of nitrogens with one attached hydrogen (secondary N) is 1. The highest BCUT2D eigenvalue weighted by molar-refractivity contribution is 5.89. The summed E-state index contributed by atoms with van der Waals surface area (Å²) in [4.78, 5) is 26.1. The standard InChI is InChI=1S/C21H24N4O4/c1-3-5-6-14(4-2)13-29-21(28)15-7-9-17(10-8-15)24-25-18-11-16(12-22)19(26)23-20(18)27/h7-11,14H,3-6,13H2,1-2H3,(H2,23,26,27). The van der Waals surface area contributed by atoms with Gasteiger partial charge in [-0.15, -0.1) is 5.11 Å². The van der Waals surface area contributed by atoms with E-state index in [1.807, 2.05) is 0 Å². The molecule has 0 radical (unpaired) electrons. The molecule has 0 aliphatic rings. The van der Waals surface area contributed by atoms with Crippen LogP contribution in [0.15, 0.2) is 45.4 Å². The number of pyridine rings is 1. The molecule has 1 heterocycles. The minimum atomic E-state index is -0.668. The van der Waals surface area contributed by atoms with Crippen molar-refractivity contribution in [3.63, 3.8) is 0 Å². The molecule has 29 heavy (non-hydrogen) atoms. The SMILES string of the molecule is CCCCC(CC)COC(=O)c1ccc(N=Nc2cc(C#N)c(O)[nH]c2=O)cc1. The van der Waals surface area contributed by atoms with E-state index in [2.05, 4.69) is 29.1 Å². The number of hydrogen-bond donors (Lipinski definition) is 2. The summed E-state index contributed by atoms with van der Waals surface area (Å²) in [5, 5.41) is 26.0. The molecule has 2 N–H and O–H groups in total. The molecular formula is C21H24N4O4. The summed E-state index contributed by atoms with van der Waals surface area (Å²) in [7, 11) is 0. The first-order chi connectivity index (χ1) is 14.0. The van der Waals surface area contributed by atoms with E-state index < -0.39 is 17.4 Å². The molecule has 1 aromatic heterocycles. The Balaban J connectivity index is 2.01. The van der Waals surface area contributed by atoms with Crippen molar-refractivity contribution in [2.45, 2.75) is 39.5 Å². The predicted molar refractivity (Wildman–Crippen MR) is 108 cm³/mol. The third kappa shape index (κ3) is 6.28. The summed E-state index contributed by atoms with van der Waals surface area (Å²) in [6, 6.07) is 9.19. The Morgan fingerprint density at radius 1 is 1.28 bits per heavy atom. The zero-order chi connectivity index (χ0) is 21.2. The fourth-order valence-corrected chi connectivity index (χ4v) is 2.62. The lowest BCUT2D eigenvalue weighted by Crippen LogP contribution is -2.13. The molecule has 0 amide bonds. The maximum Gasteiger partial charge on any atom is 0.338 e. The third-order valence-corrected chi connectivity index (χ3v) is 4.49. The predicted octanol–water partition coefficient (Wildman–Crippen LogP) is 4.74. The number of aromatic amines is 1. The number of H-pyrrole nitrogens is 1. The van der Waals surface area contributed by atoms with E-state index in [0.29, 0.717) is 23.8 Å². The summed E-state index contributed by atoms with van der Waals surface area (Å²) in [6.45, 7) is 4.63. The van der Waals surface area contributed by atoms with Crippen molar-refractivity contribution >= 4 is 17.3 Å². The molecule has 152 valence electrons. The number of aromatic nitrogens is 1. The molecule has 8 nitrogen and oxygen atoms in total. The average Bonchev–Trinajstić information content (AvgIpc) is 2.73. The largest absolute Gasteiger partial charge is 0.494 e. The number of hydrogen-bond acceptors (Lipinski definition) is 7. The van der Waals surface area contributed by atoms with Crippen LogP contribution >= 0.6 is 0 Å². The Bertz CT molecular complexity index is 958. The molecule has 1 aromatic carbocycles. The zero-order valence-corrected chi connectivity index (χ0v) is 16.5. The van der Waals surface area contributed by atoms with Gasteiger partial charge in [0.2, 0.25) is 5.88 Å². The van der Waals surface area contributed by atoms with Crippen molar-refractivity contribution in [1.29, 1.82) is 5.26 Å². The van der Waals surface area contributed by atoms with Gasteiger partial charge in [0.1, 0.15) is 11.6 Å². The van der Waals surface area contributed by atoms with Gasteiger partial charge in [0.15, 0.2) is 5.69 Å². The lowest BCUT2D eigenvalue weighted by Gasteiger charge is -2.14. The highest BCUT2D eigenvalue weighted by Crippen LogP contribution is 2.20. The van der Waals surface area contributed by atoms with E-state index in [-0.39, 0.29) is 11.3 Å². The Kier molecular flexibility index (Phi) is 8.10. The summed E-state index contributed by atoms with van der Waals surface area (Å²) >= 11 is 0. The molecule has 0 aliphatic heterocycles. The normalized spacial score (nSPS) is 11.9. The number of aromatic hydroxyl groups is 1. The van der Waals surface area contributed by atoms with E-state index in [1.165, 1.54) is 0 Å². The molecule has 0 fully saturated rings. The maximum atomic E-state index is 12.2. The first kappa shape index (κ1) is 21.8. The molecule has 0 spiro atoms. The third-order valence-electron chi connectivity index (χ3n) is 4.49. The maximum absolute atomic E-state index is 12.2. The fraction of sp³-hybridized carbons (Fsp3) is 0.381. The summed E-state index contributed by atoms with van der Waals surface area (Å²) in [6.07, 6.45) is 4.25. The van der Waals surface area contributed by atoms with Crippen molar-refractivity contribution in [2.24, 2.45) is 16.1 Å². The number of rotatable bonds is 9. The van der Waals surface area contributed by atoms with Gasteiger partial charge in [0.25, 0.3) is 5.56 Å². The van der Waals surface area contributed by atoms with E-state index in [0.717, 1.165) is 31.7 Å². The molecule has 2 aromatic rings. The number of nitriles is 1. The smallest absolute Gasteiger partial charge is 0.338 e. The molecule has 0 aliphatic carbocycles. The van der Waals surface area contributed by atoms with Crippen LogP contribution in [-0.4, -0.2) is 22.7 Å². The van der Waals surface area contributed by atoms with Crippen molar-refractivity contribution < 1.29 is 14.6 Å². The van der Waals surface area contributed by atoms with Gasteiger partial charge in [-0.05, 0) is 42.7 Å². The first-order valence-electron chi connectivity index (χ1n) is 9.53. The van der Waals surface area contributed by atoms with Crippen molar-refractivity contribution in [3.05, 3.63) is 51.8 Å². The highest BCUT2D eigenvalue weighted by atomic mass is 16.5. The molecule has 2 rings (SSSR count). The van der Waals surface area contributed by atoms with Gasteiger partial charge in [-0.25, -0.2) is 4.79 Å². The quantitative estimate of drug-likeness (QED) is 0.467. The lowest BCUT2D eigenvalue weighted by atomic mass is 10.0. The summed E-state index contributed by atoms with van der Waals surface area (Å²) in [5.74, 6) is -0.537. The fourth-order valence-electron chi connectivity index (χ4n) is 2.62. The van der Waals surface area contributed by atoms with Crippen molar-refractivity contribution in [3.8, 4) is 11.9 Å². The number of azo groups is 1. The average molecular weight is 396 g/mol. The second kappa shape index (κ2) is 10.8. The minimum absolute atomic E-state index is 0.110. The Morgan fingerprint density at radius 3 is 2.62 bits per heavy atom. The van der Waals surface area contributed by atoms with Gasteiger partial charge >= 0.3 is 5.97 Å². The van der Waals surface area contributed by atoms with Crippen LogP contribution in [0.2, 0.25) is 0 Å². The van der Waals surface area contributed by atoms with Gasteiger partial charge in [0.05, 0.1) is 17.9 Å². The van der Waals surface area contributed by atoms with Crippen LogP contribution in [0.3, 0.4) is 0 Å². The van der Waals surface area contributed by atoms with Crippen LogP contribution in [0.4, 0.5) is 11.4 Å². The van der Waals surface area contributed by atoms with Crippen LogP contribution in [-0.2, 0) is 4.74 Å². The highest BCUT2D eigenvalue weighted by Gasteiger charge is 2.12. The van der Waals surface area contributed by atoms with Crippen LogP contribution in [0.1, 0.15) is 55.5 Å². The Hall–Kier alpha value is -3.47. The molecule has 0 saturated heterocycles. The molecule has 8 heteroatoms. The van der Waals surface area contributed by atoms with E-state index in [1.54, 1.807) is 30.3 Å². The van der Waals surface area contributed by atoms with Crippen molar-refractivity contribution in [1.82, 2.24) is 4.98 Å². The summed E-state index contributed by atoms with van der Waals surface area (Å²) in [5.41, 5.74) is -0.0639. The van der Waals surface area contributed by atoms with Gasteiger partial charge in [-0.2, -0.15) is 10.4 Å². The van der Waals surface area contributed by atoms with Crippen LogP contribution in [0.5, 0.6) is 5.88 Å². The minimum Gasteiger partial charge on any atom is -0.494 e. The Labute approximate surface area is 168 Å². The van der Waals surface area contributed by atoms with Crippen molar-refractivity contribution in [2.75, 3.05) is 6.61 Å². The first-order valence-corrected chi connectivity index (χ1v) is 9.53.